The number of amides is 1. The summed E-state index contributed by atoms with van der Waals surface area (Å²) in [6, 6.07) is 5.57. The maximum absolute atomic E-state index is 12.5. The normalized spacial score (nSPS) is 17.8. The highest BCUT2D eigenvalue weighted by atomic mass is 35.5. The molecule has 0 spiro atoms. The van der Waals surface area contributed by atoms with Crippen LogP contribution in [0.5, 0.6) is 0 Å². The SMILES string of the molecule is Cc1ccc(NC(=O)[C@@H]2CCCN(c3cnccn3)C2)cc1Cl. The van der Waals surface area contributed by atoms with Crippen LogP contribution in [0, 0.1) is 12.8 Å². The number of benzene rings is 1. The molecule has 1 N–H and O–H groups in total. The monoisotopic (exact) mass is 330 g/mol. The maximum Gasteiger partial charge on any atom is 0.229 e. The van der Waals surface area contributed by atoms with Crippen LogP contribution in [0.4, 0.5) is 11.5 Å². The van der Waals surface area contributed by atoms with E-state index in [1.54, 1.807) is 24.7 Å². The molecule has 1 aliphatic rings. The van der Waals surface area contributed by atoms with Crippen LogP contribution in [-0.2, 0) is 4.79 Å². The molecular formula is C17H19ClN4O. The molecule has 2 aromatic rings. The number of nitrogens with one attached hydrogen (secondary N) is 1. The van der Waals surface area contributed by atoms with Crippen molar-refractivity contribution in [1.29, 1.82) is 0 Å². The zero-order chi connectivity index (χ0) is 16.2. The zero-order valence-electron chi connectivity index (χ0n) is 13.0. The van der Waals surface area contributed by atoms with Crippen LogP contribution in [0.1, 0.15) is 18.4 Å². The number of piperidine rings is 1. The minimum absolute atomic E-state index is 0.0264. The molecule has 1 saturated heterocycles. The minimum Gasteiger partial charge on any atom is -0.355 e. The number of anilines is 2. The van der Waals surface area contributed by atoms with Gasteiger partial charge in [0.2, 0.25) is 5.91 Å². The number of hydrogen-bond donors (Lipinski definition) is 1. The molecule has 2 heterocycles. The van der Waals surface area contributed by atoms with E-state index in [0.29, 0.717) is 11.6 Å². The summed E-state index contributed by atoms with van der Waals surface area (Å²) in [5.41, 5.74) is 1.73. The van der Waals surface area contributed by atoms with Crippen LogP contribution in [0.2, 0.25) is 5.02 Å². The molecule has 0 radical (unpaired) electrons. The smallest absolute Gasteiger partial charge is 0.229 e. The van der Waals surface area contributed by atoms with Gasteiger partial charge in [-0.05, 0) is 37.5 Å². The number of aromatic nitrogens is 2. The third kappa shape index (κ3) is 3.79. The maximum atomic E-state index is 12.5. The van der Waals surface area contributed by atoms with Crippen molar-refractivity contribution < 1.29 is 4.79 Å². The number of aryl methyl sites for hydroxylation is 1. The number of halogens is 1. The van der Waals surface area contributed by atoms with Gasteiger partial charge in [0, 0.05) is 36.2 Å². The lowest BCUT2D eigenvalue weighted by Crippen LogP contribution is -2.41. The van der Waals surface area contributed by atoms with E-state index in [1.165, 1.54) is 0 Å². The molecule has 6 heteroatoms. The third-order valence-electron chi connectivity index (χ3n) is 4.11. The standard InChI is InChI=1S/C17H19ClN4O/c1-12-4-5-14(9-15(12)18)21-17(23)13-3-2-8-22(11-13)16-10-19-6-7-20-16/h4-7,9-10,13H,2-3,8,11H2,1H3,(H,21,23)/t13-/m1/s1. The van der Waals surface area contributed by atoms with Gasteiger partial charge < -0.3 is 10.2 Å². The average molecular weight is 331 g/mol. The van der Waals surface area contributed by atoms with Gasteiger partial charge in [-0.15, -0.1) is 0 Å². The number of rotatable bonds is 3. The summed E-state index contributed by atoms with van der Waals surface area (Å²) in [5.74, 6) is 0.785. The summed E-state index contributed by atoms with van der Waals surface area (Å²) in [6.45, 7) is 3.50. The van der Waals surface area contributed by atoms with Crippen LogP contribution in [0.15, 0.2) is 36.8 Å². The zero-order valence-corrected chi connectivity index (χ0v) is 13.8. The summed E-state index contributed by atoms with van der Waals surface area (Å²) in [4.78, 5) is 23.0. The number of nitrogens with zero attached hydrogens (tertiary/aromatic N) is 3. The van der Waals surface area contributed by atoms with Crippen molar-refractivity contribution in [2.24, 2.45) is 5.92 Å². The van der Waals surface area contributed by atoms with E-state index < -0.39 is 0 Å². The fourth-order valence-corrected chi connectivity index (χ4v) is 2.95. The molecule has 23 heavy (non-hydrogen) atoms. The van der Waals surface area contributed by atoms with E-state index in [-0.39, 0.29) is 11.8 Å². The van der Waals surface area contributed by atoms with Crippen molar-refractivity contribution >= 4 is 29.0 Å². The number of hydrogen-bond acceptors (Lipinski definition) is 4. The Labute approximate surface area is 140 Å². The van der Waals surface area contributed by atoms with E-state index in [2.05, 4.69) is 20.2 Å². The van der Waals surface area contributed by atoms with E-state index in [4.69, 9.17) is 11.6 Å². The van der Waals surface area contributed by atoms with E-state index in [0.717, 1.165) is 36.5 Å². The molecule has 0 bridgehead atoms. The average Bonchev–Trinajstić information content (AvgIpc) is 2.59. The molecular weight excluding hydrogens is 312 g/mol. The van der Waals surface area contributed by atoms with Gasteiger partial charge in [0.1, 0.15) is 5.82 Å². The van der Waals surface area contributed by atoms with Gasteiger partial charge in [-0.25, -0.2) is 4.98 Å². The first kappa shape index (κ1) is 15.7. The van der Waals surface area contributed by atoms with E-state index in [1.807, 2.05) is 19.1 Å². The van der Waals surface area contributed by atoms with Crippen molar-refractivity contribution in [2.45, 2.75) is 19.8 Å². The Morgan fingerprint density at radius 1 is 1.39 bits per heavy atom. The highest BCUT2D eigenvalue weighted by Gasteiger charge is 2.26. The number of carbonyl (C=O) groups excluding carboxylic acids is 1. The first-order valence-corrected chi connectivity index (χ1v) is 8.09. The van der Waals surface area contributed by atoms with Gasteiger partial charge in [0.25, 0.3) is 0 Å². The second kappa shape index (κ2) is 6.96. The molecule has 0 saturated carbocycles. The lowest BCUT2D eigenvalue weighted by atomic mass is 9.97. The van der Waals surface area contributed by atoms with Crippen molar-refractivity contribution in [3.05, 3.63) is 47.4 Å². The molecule has 120 valence electrons. The van der Waals surface area contributed by atoms with Crippen molar-refractivity contribution in [2.75, 3.05) is 23.3 Å². The van der Waals surface area contributed by atoms with Crippen LogP contribution >= 0.6 is 11.6 Å². The summed E-state index contributed by atoms with van der Waals surface area (Å²) >= 11 is 6.11. The largest absolute Gasteiger partial charge is 0.355 e. The molecule has 0 unspecified atom stereocenters. The second-order valence-corrected chi connectivity index (χ2v) is 6.21. The quantitative estimate of drug-likeness (QED) is 0.938. The highest BCUT2D eigenvalue weighted by Crippen LogP contribution is 2.24. The van der Waals surface area contributed by atoms with Crippen molar-refractivity contribution in [3.8, 4) is 0 Å². The third-order valence-corrected chi connectivity index (χ3v) is 4.51. The Balaban J connectivity index is 1.66. The molecule has 5 nitrogen and oxygen atoms in total. The van der Waals surface area contributed by atoms with Crippen LogP contribution in [0.25, 0.3) is 0 Å². The van der Waals surface area contributed by atoms with E-state index >= 15 is 0 Å². The number of carbonyl (C=O) groups is 1. The van der Waals surface area contributed by atoms with Gasteiger partial charge >= 0.3 is 0 Å². The Morgan fingerprint density at radius 2 is 2.26 bits per heavy atom. The molecule has 1 amide bonds. The molecule has 3 rings (SSSR count). The Hall–Kier alpha value is -2.14. The van der Waals surface area contributed by atoms with Gasteiger partial charge in [-0.3, -0.25) is 9.78 Å². The summed E-state index contributed by atoms with van der Waals surface area (Å²) in [5, 5.41) is 3.63. The summed E-state index contributed by atoms with van der Waals surface area (Å²) in [7, 11) is 0. The van der Waals surface area contributed by atoms with Gasteiger partial charge in [-0.1, -0.05) is 17.7 Å². The molecule has 1 fully saturated rings. The van der Waals surface area contributed by atoms with Gasteiger partial charge in [-0.2, -0.15) is 0 Å². The molecule has 0 aliphatic carbocycles. The summed E-state index contributed by atoms with van der Waals surface area (Å²) < 4.78 is 0. The van der Waals surface area contributed by atoms with E-state index in [9.17, 15) is 4.79 Å². The highest BCUT2D eigenvalue weighted by molar-refractivity contribution is 6.31. The first-order valence-electron chi connectivity index (χ1n) is 7.71. The summed E-state index contributed by atoms with van der Waals surface area (Å²) in [6.07, 6.45) is 6.90. The van der Waals surface area contributed by atoms with Crippen molar-refractivity contribution in [1.82, 2.24) is 9.97 Å². The van der Waals surface area contributed by atoms with Gasteiger partial charge in [0.05, 0.1) is 12.1 Å². The predicted molar refractivity (Wildman–Crippen MR) is 91.8 cm³/mol. The van der Waals surface area contributed by atoms with Gasteiger partial charge in [0.15, 0.2) is 0 Å². The molecule has 1 aromatic heterocycles. The molecule has 1 aromatic carbocycles. The van der Waals surface area contributed by atoms with Crippen LogP contribution < -0.4 is 10.2 Å². The predicted octanol–water partition coefficient (Wildman–Crippen LogP) is 3.29. The minimum atomic E-state index is -0.0640. The Bertz CT molecular complexity index is 692. The Morgan fingerprint density at radius 3 is 3.00 bits per heavy atom. The first-order chi connectivity index (χ1) is 11.1. The van der Waals surface area contributed by atoms with Crippen LogP contribution in [0.3, 0.4) is 0 Å². The fraction of sp³-hybridized carbons (Fsp3) is 0.353. The fourth-order valence-electron chi connectivity index (χ4n) is 2.77. The molecule has 1 aliphatic heterocycles. The topological polar surface area (TPSA) is 58.1 Å². The second-order valence-electron chi connectivity index (χ2n) is 5.80. The lowest BCUT2D eigenvalue weighted by Gasteiger charge is -2.32. The van der Waals surface area contributed by atoms with Crippen LogP contribution in [-0.4, -0.2) is 29.0 Å². The Kier molecular flexibility index (Phi) is 4.76. The lowest BCUT2D eigenvalue weighted by molar-refractivity contribution is -0.120. The van der Waals surface area contributed by atoms with Crippen molar-refractivity contribution in [3.63, 3.8) is 0 Å². The molecule has 1 atom stereocenters.